The number of nitrogens with zero attached hydrogens (tertiary/aromatic N) is 5. The van der Waals surface area contributed by atoms with Gasteiger partial charge in [0, 0.05) is 33.1 Å². The molecule has 1 saturated heterocycles. The Morgan fingerprint density at radius 1 is 1.04 bits per heavy atom. The number of aliphatic imine (C=N–C) groups is 1. The quantitative estimate of drug-likeness (QED) is 0.408. The third-order valence-corrected chi connectivity index (χ3v) is 6.45. The van der Waals surface area contributed by atoms with Crippen LogP contribution in [0.1, 0.15) is 69.4 Å². The van der Waals surface area contributed by atoms with Gasteiger partial charge in [-0.3, -0.25) is 4.99 Å². The minimum absolute atomic E-state index is 0. The number of hydrogen-bond donors (Lipinski definition) is 1. The lowest BCUT2D eigenvalue weighted by molar-refractivity contribution is 0.203. The SMILES string of the molecule is CN=C(NCc1nnc2n1CCCCC2)N1CCC2(CCCCC2)C1.I. The minimum atomic E-state index is 0. The highest BCUT2D eigenvalue weighted by Gasteiger charge is 2.39. The van der Waals surface area contributed by atoms with Crippen molar-refractivity contribution < 1.29 is 0 Å². The molecule has 0 atom stereocenters. The van der Waals surface area contributed by atoms with Crippen molar-refractivity contribution in [1.29, 1.82) is 0 Å². The number of hydrogen-bond acceptors (Lipinski definition) is 3. The molecule has 1 aliphatic carbocycles. The number of aromatic nitrogens is 3. The molecule has 146 valence electrons. The predicted molar refractivity (Wildman–Crippen MR) is 115 cm³/mol. The molecule has 1 N–H and O–H groups in total. The Hall–Kier alpha value is -0.860. The second-order valence-electron chi connectivity index (χ2n) is 8.13. The van der Waals surface area contributed by atoms with Gasteiger partial charge in [-0.2, -0.15) is 0 Å². The zero-order chi connectivity index (χ0) is 17.1. The first-order valence-corrected chi connectivity index (χ1v) is 10.2. The molecule has 3 heterocycles. The second-order valence-corrected chi connectivity index (χ2v) is 8.13. The average Bonchev–Trinajstić information content (AvgIpc) is 3.13. The summed E-state index contributed by atoms with van der Waals surface area (Å²) in [6, 6.07) is 0. The van der Waals surface area contributed by atoms with E-state index >= 15 is 0 Å². The lowest BCUT2D eigenvalue weighted by Crippen LogP contribution is -2.41. The van der Waals surface area contributed by atoms with Gasteiger partial charge in [0.2, 0.25) is 0 Å². The molecule has 2 fully saturated rings. The van der Waals surface area contributed by atoms with Gasteiger partial charge in [-0.05, 0) is 37.5 Å². The predicted octanol–water partition coefficient (Wildman–Crippen LogP) is 3.35. The normalized spacial score (nSPS) is 22.7. The fourth-order valence-corrected chi connectivity index (χ4v) is 4.99. The van der Waals surface area contributed by atoms with E-state index in [0.717, 1.165) is 43.7 Å². The Morgan fingerprint density at radius 2 is 1.85 bits per heavy atom. The third kappa shape index (κ3) is 4.17. The molecule has 26 heavy (non-hydrogen) atoms. The molecule has 7 heteroatoms. The molecular weight excluding hydrogens is 439 g/mol. The van der Waals surface area contributed by atoms with E-state index in [9.17, 15) is 0 Å². The van der Waals surface area contributed by atoms with Crippen LogP contribution in [0.25, 0.3) is 0 Å². The van der Waals surface area contributed by atoms with Crippen molar-refractivity contribution >= 4 is 29.9 Å². The standard InChI is InChI=1S/C19H32N6.HI/c1-20-18(24-13-11-19(15-24)9-5-3-6-10-19)21-14-17-23-22-16-8-4-2-7-12-25(16)17;/h2-15H2,1H3,(H,20,21);1H. The average molecular weight is 472 g/mol. The molecule has 1 aromatic rings. The Labute approximate surface area is 174 Å². The summed E-state index contributed by atoms with van der Waals surface area (Å²) in [6.45, 7) is 4.09. The minimum Gasteiger partial charge on any atom is -0.349 e. The maximum absolute atomic E-state index is 4.55. The van der Waals surface area contributed by atoms with E-state index < -0.39 is 0 Å². The number of guanidine groups is 1. The van der Waals surface area contributed by atoms with Gasteiger partial charge in [-0.15, -0.1) is 34.2 Å². The lowest BCUT2D eigenvalue weighted by Gasteiger charge is -2.33. The Morgan fingerprint density at radius 3 is 2.65 bits per heavy atom. The van der Waals surface area contributed by atoms with Crippen molar-refractivity contribution in [3.05, 3.63) is 11.6 Å². The molecule has 3 aliphatic rings. The summed E-state index contributed by atoms with van der Waals surface area (Å²) in [4.78, 5) is 7.02. The van der Waals surface area contributed by atoms with Crippen LogP contribution in [0.2, 0.25) is 0 Å². The van der Waals surface area contributed by atoms with Crippen molar-refractivity contribution in [2.45, 2.75) is 77.3 Å². The first kappa shape index (κ1) is 19.9. The summed E-state index contributed by atoms with van der Waals surface area (Å²) in [6.07, 6.45) is 13.2. The van der Waals surface area contributed by atoms with Crippen LogP contribution in [-0.4, -0.2) is 45.8 Å². The van der Waals surface area contributed by atoms with E-state index in [2.05, 4.69) is 30.0 Å². The number of aryl methyl sites for hydroxylation is 1. The first-order valence-electron chi connectivity index (χ1n) is 10.2. The summed E-state index contributed by atoms with van der Waals surface area (Å²) >= 11 is 0. The van der Waals surface area contributed by atoms with Gasteiger partial charge in [0.1, 0.15) is 5.82 Å². The van der Waals surface area contributed by atoms with E-state index in [-0.39, 0.29) is 24.0 Å². The molecule has 1 saturated carbocycles. The molecule has 0 aromatic carbocycles. The largest absolute Gasteiger partial charge is 0.349 e. The van der Waals surface area contributed by atoms with Gasteiger partial charge in [0.05, 0.1) is 6.54 Å². The number of fused-ring (bicyclic) bond motifs is 1. The van der Waals surface area contributed by atoms with Crippen LogP contribution in [0, 0.1) is 5.41 Å². The van der Waals surface area contributed by atoms with E-state index in [1.165, 1.54) is 64.3 Å². The van der Waals surface area contributed by atoms with Gasteiger partial charge >= 0.3 is 0 Å². The van der Waals surface area contributed by atoms with Crippen molar-refractivity contribution in [3.63, 3.8) is 0 Å². The van der Waals surface area contributed by atoms with Gasteiger partial charge in [0.15, 0.2) is 11.8 Å². The van der Waals surface area contributed by atoms with Gasteiger partial charge in [-0.25, -0.2) is 0 Å². The zero-order valence-corrected chi connectivity index (χ0v) is 18.4. The molecule has 0 bridgehead atoms. The Bertz CT molecular complexity index is 620. The van der Waals surface area contributed by atoms with Crippen LogP contribution in [0.15, 0.2) is 4.99 Å². The van der Waals surface area contributed by atoms with Crippen molar-refractivity contribution in [2.24, 2.45) is 10.4 Å². The van der Waals surface area contributed by atoms with Crippen LogP contribution >= 0.6 is 24.0 Å². The van der Waals surface area contributed by atoms with Crippen LogP contribution in [0.4, 0.5) is 0 Å². The van der Waals surface area contributed by atoms with Crippen LogP contribution in [-0.2, 0) is 19.5 Å². The maximum Gasteiger partial charge on any atom is 0.194 e. The summed E-state index contributed by atoms with van der Waals surface area (Å²) in [5.41, 5.74) is 0.557. The molecule has 0 unspecified atom stereocenters. The number of rotatable bonds is 2. The molecule has 0 amide bonds. The fraction of sp³-hybridized carbons (Fsp3) is 0.842. The topological polar surface area (TPSA) is 58.3 Å². The second kappa shape index (κ2) is 8.89. The van der Waals surface area contributed by atoms with Crippen molar-refractivity contribution in [1.82, 2.24) is 25.0 Å². The third-order valence-electron chi connectivity index (χ3n) is 6.45. The number of nitrogens with one attached hydrogen (secondary N) is 1. The smallest absolute Gasteiger partial charge is 0.194 e. The lowest BCUT2D eigenvalue weighted by atomic mass is 9.73. The van der Waals surface area contributed by atoms with E-state index in [4.69, 9.17) is 0 Å². The monoisotopic (exact) mass is 472 g/mol. The number of likely N-dealkylation sites (tertiary alicyclic amines) is 1. The van der Waals surface area contributed by atoms with E-state index in [1.807, 2.05) is 7.05 Å². The zero-order valence-electron chi connectivity index (χ0n) is 16.0. The summed E-state index contributed by atoms with van der Waals surface area (Å²) in [5.74, 6) is 3.25. The van der Waals surface area contributed by atoms with E-state index in [0.29, 0.717) is 5.41 Å². The molecule has 6 nitrogen and oxygen atoms in total. The molecule has 0 radical (unpaired) electrons. The molecule has 4 rings (SSSR count). The van der Waals surface area contributed by atoms with Gasteiger partial charge in [0.25, 0.3) is 0 Å². The highest BCUT2D eigenvalue weighted by atomic mass is 127. The van der Waals surface area contributed by atoms with Gasteiger partial charge in [-0.1, -0.05) is 25.7 Å². The Kier molecular flexibility index (Phi) is 6.80. The summed E-state index contributed by atoms with van der Waals surface area (Å²) < 4.78 is 2.32. The van der Waals surface area contributed by atoms with Gasteiger partial charge < -0.3 is 14.8 Å². The van der Waals surface area contributed by atoms with Crippen LogP contribution in [0.5, 0.6) is 0 Å². The maximum atomic E-state index is 4.55. The fourth-order valence-electron chi connectivity index (χ4n) is 4.99. The van der Waals surface area contributed by atoms with E-state index in [1.54, 1.807) is 0 Å². The summed E-state index contributed by atoms with van der Waals surface area (Å²) in [7, 11) is 1.90. The first-order chi connectivity index (χ1) is 12.3. The highest BCUT2D eigenvalue weighted by molar-refractivity contribution is 14.0. The molecule has 1 aromatic heterocycles. The van der Waals surface area contributed by atoms with Crippen LogP contribution < -0.4 is 5.32 Å². The van der Waals surface area contributed by atoms with Crippen LogP contribution in [0.3, 0.4) is 0 Å². The molecule has 2 aliphatic heterocycles. The molecule has 1 spiro atoms. The van der Waals surface area contributed by atoms with Crippen molar-refractivity contribution in [2.75, 3.05) is 20.1 Å². The highest BCUT2D eigenvalue weighted by Crippen LogP contribution is 2.43. The number of halogens is 1. The Balaban J connectivity index is 0.00000196. The summed E-state index contributed by atoms with van der Waals surface area (Å²) in [5, 5.41) is 12.4. The van der Waals surface area contributed by atoms with Crippen molar-refractivity contribution in [3.8, 4) is 0 Å². The molecular formula is C19H33IN6.